The molecule has 0 spiro atoms. The first kappa shape index (κ1) is 18.7. The van der Waals surface area contributed by atoms with Crippen LogP contribution >= 0.6 is 22.9 Å². The number of amides is 1. The molecule has 2 aromatic carbocycles. The molecule has 0 fully saturated rings. The number of para-hydroxylation sites is 1. The molecule has 0 atom stereocenters. The van der Waals surface area contributed by atoms with Crippen molar-refractivity contribution in [2.45, 2.75) is 0 Å². The third-order valence-electron chi connectivity index (χ3n) is 3.84. The van der Waals surface area contributed by atoms with E-state index in [1.54, 1.807) is 34.9 Å². The van der Waals surface area contributed by atoms with Crippen molar-refractivity contribution < 1.29 is 9.53 Å². The average Bonchev–Trinajstić information content (AvgIpc) is 3.39. The van der Waals surface area contributed by atoms with Gasteiger partial charge in [0, 0.05) is 10.6 Å². The third kappa shape index (κ3) is 4.11. The van der Waals surface area contributed by atoms with Crippen LogP contribution in [0.25, 0.3) is 5.69 Å². The maximum atomic E-state index is 12.7. The zero-order valence-corrected chi connectivity index (χ0v) is 16.3. The van der Waals surface area contributed by atoms with E-state index < -0.39 is 5.91 Å². The SMILES string of the molecule is C#Cc1ccccc1-n1cncc1C(=O)Nc1nnc(Oc2ccc(Cl)cc2)s1. The van der Waals surface area contributed by atoms with Gasteiger partial charge >= 0.3 is 5.19 Å². The Kier molecular flexibility index (Phi) is 5.24. The highest BCUT2D eigenvalue weighted by atomic mass is 35.5. The van der Waals surface area contributed by atoms with Crippen LogP contribution in [0.3, 0.4) is 0 Å². The lowest BCUT2D eigenvalue weighted by Gasteiger charge is -2.09. The Bertz CT molecular complexity index is 1210. The maximum Gasteiger partial charge on any atom is 0.301 e. The summed E-state index contributed by atoms with van der Waals surface area (Å²) in [6, 6.07) is 14.1. The highest BCUT2D eigenvalue weighted by molar-refractivity contribution is 7.17. The summed E-state index contributed by atoms with van der Waals surface area (Å²) in [5.41, 5.74) is 1.64. The number of hydrogen-bond donors (Lipinski definition) is 1. The number of nitrogens with one attached hydrogen (secondary N) is 1. The largest absolute Gasteiger partial charge is 0.430 e. The van der Waals surface area contributed by atoms with Gasteiger partial charge in [-0.2, -0.15) is 0 Å². The smallest absolute Gasteiger partial charge is 0.301 e. The molecule has 0 aliphatic rings. The van der Waals surface area contributed by atoms with E-state index in [0.717, 1.165) is 11.3 Å². The van der Waals surface area contributed by atoms with Crippen molar-refractivity contribution in [1.29, 1.82) is 0 Å². The van der Waals surface area contributed by atoms with Crippen molar-refractivity contribution in [2.24, 2.45) is 0 Å². The lowest BCUT2D eigenvalue weighted by Crippen LogP contribution is -2.16. The third-order valence-corrected chi connectivity index (χ3v) is 4.80. The van der Waals surface area contributed by atoms with Gasteiger partial charge in [0.15, 0.2) is 0 Å². The van der Waals surface area contributed by atoms with Crippen molar-refractivity contribution in [3.05, 3.63) is 77.3 Å². The van der Waals surface area contributed by atoms with E-state index in [1.165, 1.54) is 12.5 Å². The number of anilines is 1. The highest BCUT2D eigenvalue weighted by Gasteiger charge is 2.17. The number of carbonyl (C=O) groups excluding carboxylic acids is 1. The van der Waals surface area contributed by atoms with E-state index in [2.05, 4.69) is 26.4 Å². The molecule has 0 aliphatic carbocycles. The van der Waals surface area contributed by atoms with Crippen LogP contribution < -0.4 is 10.1 Å². The fraction of sp³-hybridized carbons (Fsp3) is 0. The fourth-order valence-corrected chi connectivity index (χ4v) is 3.26. The first-order chi connectivity index (χ1) is 14.1. The topological polar surface area (TPSA) is 81.9 Å². The molecular weight excluding hydrogens is 410 g/mol. The predicted molar refractivity (Wildman–Crippen MR) is 111 cm³/mol. The lowest BCUT2D eigenvalue weighted by atomic mass is 10.2. The van der Waals surface area contributed by atoms with Crippen molar-refractivity contribution in [3.63, 3.8) is 0 Å². The quantitative estimate of drug-likeness (QED) is 0.483. The number of hydrogen-bond acceptors (Lipinski definition) is 6. The van der Waals surface area contributed by atoms with Gasteiger partial charge in [-0.05, 0) is 47.7 Å². The van der Waals surface area contributed by atoms with Crippen LogP contribution in [0.1, 0.15) is 16.1 Å². The van der Waals surface area contributed by atoms with Crippen LogP contribution in [0.15, 0.2) is 61.1 Å². The number of terminal acetylenes is 1. The van der Waals surface area contributed by atoms with Gasteiger partial charge < -0.3 is 4.74 Å². The molecule has 2 heterocycles. The Morgan fingerprint density at radius 2 is 1.97 bits per heavy atom. The molecule has 0 bridgehead atoms. The molecule has 0 saturated carbocycles. The van der Waals surface area contributed by atoms with E-state index in [1.807, 2.05) is 18.2 Å². The monoisotopic (exact) mass is 421 g/mol. The summed E-state index contributed by atoms with van der Waals surface area (Å²) in [4.78, 5) is 16.8. The van der Waals surface area contributed by atoms with Gasteiger partial charge in [-0.1, -0.05) is 34.8 Å². The number of carbonyl (C=O) groups is 1. The number of rotatable bonds is 5. The molecular formula is C20H12ClN5O2S. The fourth-order valence-electron chi connectivity index (χ4n) is 2.53. The molecule has 2 aromatic heterocycles. The summed E-state index contributed by atoms with van der Waals surface area (Å²) < 4.78 is 7.23. The van der Waals surface area contributed by atoms with Gasteiger partial charge in [0.2, 0.25) is 5.13 Å². The van der Waals surface area contributed by atoms with Crippen LogP contribution in [-0.2, 0) is 0 Å². The predicted octanol–water partition coefficient (Wildman–Crippen LogP) is 4.40. The normalized spacial score (nSPS) is 10.3. The minimum absolute atomic E-state index is 0.286. The number of ether oxygens (including phenoxy) is 1. The summed E-state index contributed by atoms with van der Waals surface area (Å²) in [6.07, 6.45) is 8.54. The molecule has 4 aromatic rings. The van der Waals surface area contributed by atoms with Crippen LogP contribution in [0.4, 0.5) is 5.13 Å². The second kappa shape index (κ2) is 8.14. The lowest BCUT2D eigenvalue weighted by molar-refractivity contribution is 0.102. The summed E-state index contributed by atoms with van der Waals surface area (Å²) >= 11 is 6.95. The van der Waals surface area contributed by atoms with Crippen molar-refractivity contribution in [3.8, 4) is 29.0 Å². The minimum atomic E-state index is -0.400. The Labute approximate surface area is 175 Å². The first-order valence-electron chi connectivity index (χ1n) is 8.30. The number of halogens is 1. The second-order valence-electron chi connectivity index (χ2n) is 5.69. The molecule has 1 N–H and O–H groups in total. The molecule has 0 unspecified atom stereocenters. The zero-order valence-electron chi connectivity index (χ0n) is 14.7. The van der Waals surface area contributed by atoms with E-state index in [4.69, 9.17) is 22.8 Å². The standard InChI is InChI=1S/C20H12ClN5O2S/c1-2-13-5-3-4-6-16(13)26-12-22-11-17(26)18(27)23-19-24-25-20(29-19)28-15-9-7-14(21)8-10-15/h1,3-12H,(H,23,24,27). The molecule has 4 rings (SSSR count). The van der Waals surface area contributed by atoms with E-state index in [9.17, 15) is 4.79 Å². The van der Waals surface area contributed by atoms with Crippen molar-refractivity contribution in [1.82, 2.24) is 19.7 Å². The van der Waals surface area contributed by atoms with Gasteiger partial charge in [-0.3, -0.25) is 14.7 Å². The Morgan fingerprint density at radius 3 is 2.76 bits per heavy atom. The van der Waals surface area contributed by atoms with Gasteiger partial charge in [0.05, 0.1) is 18.2 Å². The highest BCUT2D eigenvalue weighted by Crippen LogP contribution is 2.28. The van der Waals surface area contributed by atoms with Crippen molar-refractivity contribution in [2.75, 3.05) is 5.32 Å². The Morgan fingerprint density at radius 1 is 1.17 bits per heavy atom. The van der Waals surface area contributed by atoms with Gasteiger partial charge in [0.25, 0.3) is 5.91 Å². The van der Waals surface area contributed by atoms with Crippen LogP contribution in [-0.4, -0.2) is 25.7 Å². The average molecular weight is 422 g/mol. The number of benzene rings is 2. The van der Waals surface area contributed by atoms with Gasteiger partial charge in [-0.15, -0.1) is 11.5 Å². The minimum Gasteiger partial charge on any atom is -0.430 e. The summed E-state index contributed by atoms with van der Waals surface area (Å²) in [5.74, 6) is 2.77. The molecule has 0 radical (unpaired) electrons. The summed E-state index contributed by atoms with van der Waals surface area (Å²) in [6.45, 7) is 0. The van der Waals surface area contributed by atoms with E-state index >= 15 is 0 Å². The van der Waals surface area contributed by atoms with Crippen LogP contribution in [0, 0.1) is 12.3 Å². The zero-order chi connectivity index (χ0) is 20.2. The number of imidazole rings is 1. The summed E-state index contributed by atoms with van der Waals surface area (Å²) in [7, 11) is 0. The molecule has 0 saturated heterocycles. The van der Waals surface area contributed by atoms with E-state index in [-0.39, 0.29) is 10.3 Å². The molecule has 142 valence electrons. The van der Waals surface area contributed by atoms with Crippen LogP contribution in [0.2, 0.25) is 5.02 Å². The van der Waals surface area contributed by atoms with Gasteiger partial charge in [0.1, 0.15) is 11.4 Å². The molecule has 7 nitrogen and oxygen atoms in total. The number of aromatic nitrogens is 4. The Hall–Kier alpha value is -3.67. The maximum absolute atomic E-state index is 12.7. The van der Waals surface area contributed by atoms with E-state index in [0.29, 0.717) is 27.7 Å². The number of nitrogens with zero attached hydrogens (tertiary/aromatic N) is 4. The van der Waals surface area contributed by atoms with Crippen molar-refractivity contribution >= 4 is 34.0 Å². The second-order valence-corrected chi connectivity index (χ2v) is 7.07. The molecule has 0 aliphatic heterocycles. The molecule has 1 amide bonds. The van der Waals surface area contributed by atoms with Crippen LogP contribution in [0.5, 0.6) is 10.9 Å². The van der Waals surface area contributed by atoms with Gasteiger partial charge in [-0.25, -0.2) is 4.98 Å². The Balaban J connectivity index is 1.51. The summed E-state index contributed by atoms with van der Waals surface area (Å²) in [5, 5.41) is 11.7. The first-order valence-corrected chi connectivity index (χ1v) is 9.50. The molecule has 9 heteroatoms. The molecule has 29 heavy (non-hydrogen) atoms.